The second-order valence-electron chi connectivity index (χ2n) is 3.92. The van der Waals surface area contributed by atoms with Crippen LogP contribution in [0.2, 0.25) is 0 Å². The highest BCUT2D eigenvalue weighted by Gasteiger charge is 2.05. The van der Waals surface area contributed by atoms with Gasteiger partial charge in [0.25, 0.3) is 0 Å². The fourth-order valence-corrected chi connectivity index (χ4v) is 2.33. The van der Waals surface area contributed by atoms with Crippen molar-refractivity contribution in [3.63, 3.8) is 0 Å². The molecule has 0 fully saturated rings. The molecule has 0 aromatic carbocycles. The number of rotatable bonds is 5. The maximum atomic E-state index is 11.1. The van der Waals surface area contributed by atoms with E-state index in [-0.39, 0.29) is 12.5 Å². The van der Waals surface area contributed by atoms with Crippen LogP contribution in [0.15, 0.2) is 11.4 Å². The first kappa shape index (κ1) is 14.7. The van der Waals surface area contributed by atoms with Gasteiger partial charge in [-0.3, -0.25) is 4.79 Å². The summed E-state index contributed by atoms with van der Waals surface area (Å²) in [5, 5.41) is 13.2. The quantitative estimate of drug-likeness (QED) is 0.770. The average Bonchev–Trinajstić information content (AvgIpc) is 2.81. The van der Waals surface area contributed by atoms with Crippen molar-refractivity contribution >= 4 is 17.2 Å². The van der Waals surface area contributed by atoms with Crippen LogP contribution < -0.4 is 5.32 Å². The molecule has 1 rings (SSSR count). The average molecular weight is 266 g/mol. The summed E-state index contributed by atoms with van der Waals surface area (Å²) in [6, 6.07) is 2.02. The van der Waals surface area contributed by atoms with Gasteiger partial charge in [0.15, 0.2) is 0 Å². The summed E-state index contributed by atoms with van der Waals surface area (Å²) in [5.41, 5.74) is 0.934. The number of hydrogen-bond donors (Lipinski definition) is 2. The van der Waals surface area contributed by atoms with Crippen LogP contribution in [-0.4, -0.2) is 43.2 Å². The minimum atomic E-state index is -0.114. The number of aliphatic hydroxyl groups is 1. The Hall–Kier alpha value is -1.35. The van der Waals surface area contributed by atoms with Gasteiger partial charge in [-0.1, -0.05) is 11.8 Å². The van der Waals surface area contributed by atoms with Crippen molar-refractivity contribution in [3.8, 4) is 11.8 Å². The molecule has 0 aliphatic rings. The Morgan fingerprint density at radius 1 is 1.61 bits per heavy atom. The molecule has 0 aliphatic carbocycles. The fourth-order valence-electron chi connectivity index (χ4n) is 1.43. The first-order valence-electron chi connectivity index (χ1n) is 5.72. The van der Waals surface area contributed by atoms with E-state index in [0.29, 0.717) is 6.42 Å². The number of aliphatic hydroxyl groups excluding tert-OH is 1. The number of nitrogens with zero attached hydrogens (tertiary/aromatic N) is 1. The van der Waals surface area contributed by atoms with Gasteiger partial charge in [-0.2, -0.15) is 0 Å². The molecule has 18 heavy (non-hydrogen) atoms. The second kappa shape index (κ2) is 7.88. The molecule has 5 heteroatoms. The Bertz CT molecular complexity index is 445. The molecule has 0 spiro atoms. The first-order valence-corrected chi connectivity index (χ1v) is 6.60. The van der Waals surface area contributed by atoms with Crippen LogP contribution in [0.1, 0.15) is 16.9 Å². The van der Waals surface area contributed by atoms with Crippen LogP contribution in [-0.2, 0) is 11.3 Å². The Morgan fingerprint density at radius 3 is 3.06 bits per heavy atom. The van der Waals surface area contributed by atoms with Gasteiger partial charge < -0.3 is 15.3 Å². The van der Waals surface area contributed by atoms with Crippen molar-refractivity contribution in [2.45, 2.75) is 13.0 Å². The van der Waals surface area contributed by atoms with Gasteiger partial charge in [-0.15, -0.1) is 11.3 Å². The lowest BCUT2D eigenvalue weighted by Crippen LogP contribution is -2.26. The number of nitrogens with one attached hydrogen (secondary N) is 1. The Balaban J connectivity index is 2.42. The molecule has 1 aromatic rings. The maximum Gasteiger partial charge on any atom is 0.221 e. The van der Waals surface area contributed by atoms with Gasteiger partial charge in [-0.05, 0) is 13.1 Å². The minimum Gasteiger partial charge on any atom is -0.384 e. The zero-order valence-corrected chi connectivity index (χ0v) is 11.5. The summed E-state index contributed by atoms with van der Waals surface area (Å²) < 4.78 is 0. The number of amides is 1. The summed E-state index contributed by atoms with van der Waals surface area (Å²) >= 11 is 1.64. The van der Waals surface area contributed by atoms with Crippen LogP contribution >= 0.6 is 11.3 Å². The number of carbonyl (C=O) groups is 1. The van der Waals surface area contributed by atoms with Crippen LogP contribution in [0, 0.1) is 11.8 Å². The van der Waals surface area contributed by atoms with Crippen molar-refractivity contribution in [2.24, 2.45) is 0 Å². The summed E-state index contributed by atoms with van der Waals surface area (Å²) in [7, 11) is 3.63. The monoisotopic (exact) mass is 266 g/mol. The standard InChI is InChI=1S/C13H18N2O2S/c1-14-13(17)5-6-15(2)9-12-8-11(10-18-12)4-3-7-16/h8,10,16H,5-7,9H2,1-2H3,(H,14,17). The maximum absolute atomic E-state index is 11.1. The molecule has 0 aliphatic heterocycles. The molecule has 0 saturated heterocycles. The number of carbonyl (C=O) groups excluding carboxylic acids is 1. The van der Waals surface area contributed by atoms with Crippen LogP contribution in [0.4, 0.5) is 0 Å². The van der Waals surface area contributed by atoms with E-state index in [1.807, 2.05) is 18.5 Å². The molecular weight excluding hydrogens is 248 g/mol. The van der Waals surface area contributed by atoms with Crippen molar-refractivity contribution in [1.29, 1.82) is 0 Å². The van der Waals surface area contributed by atoms with Crippen molar-refractivity contribution in [3.05, 3.63) is 21.9 Å². The van der Waals surface area contributed by atoms with Crippen molar-refractivity contribution in [2.75, 3.05) is 27.2 Å². The molecule has 0 bridgehead atoms. The highest BCUT2D eigenvalue weighted by molar-refractivity contribution is 7.10. The zero-order valence-electron chi connectivity index (χ0n) is 10.7. The van der Waals surface area contributed by atoms with E-state index >= 15 is 0 Å². The van der Waals surface area contributed by atoms with Crippen LogP contribution in [0.5, 0.6) is 0 Å². The Morgan fingerprint density at radius 2 is 2.39 bits per heavy atom. The molecular formula is C13H18N2O2S. The largest absolute Gasteiger partial charge is 0.384 e. The normalized spacial score (nSPS) is 10.0. The molecule has 4 nitrogen and oxygen atoms in total. The third-order valence-corrected chi connectivity index (χ3v) is 3.31. The van der Waals surface area contributed by atoms with Gasteiger partial charge in [0, 0.05) is 42.4 Å². The fraction of sp³-hybridized carbons (Fsp3) is 0.462. The molecule has 1 aromatic heterocycles. The molecule has 0 unspecified atom stereocenters. The summed E-state index contributed by atoms with van der Waals surface area (Å²) in [4.78, 5) is 14.4. The van der Waals surface area contributed by atoms with E-state index in [1.54, 1.807) is 18.4 Å². The number of thiophene rings is 1. The predicted octanol–water partition coefficient (Wildman–Crippen LogP) is 0.660. The predicted molar refractivity (Wildman–Crippen MR) is 73.3 cm³/mol. The topological polar surface area (TPSA) is 52.6 Å². The van der Waals surface area contributed by atoms with Crippen LogP contribution in [0.25, 0.3) is 0 Å². The lowest BCUT2D eigenvalue weighted by atomic mass is 10.3. The third kappa shape index (κ3) is 5.32. The Kier molecular flexibility index (Phi) is 6.44. The molecule has 0 atom stereocenters. The van der Waals surface area contributed by atoms with E-state index in [0.717, 1.165) is 18.7 Å². The highest BCUT2D eigenvalue weighted by Crippen LogP contribution is 2.15. The Labute approximate surface area is 112 Å². The van der Waals surface area contributed by atoms with Gasteiger partial charge in [0.1, 0.15) is 6.61 Å². The van der Waals surface area contributed by atoms with E-state index in [1.165, 1.54) is 4.88 Å². The molecule has 1 heterocycles. The van der Waals surface area contributed by atoms with Gasteiger partial charge in [0.2, 0.25) is 5.91 Å². The van der Waals surface area contributed by atoms with E-state index in [4.69, 9.17) is 5.11 Å². The van der Waals surface area contributed by atoms with E-state index < -0.39 is 0 Å². The van der Waals surface area contributed by atoms with E-state index in [2.05, 4.69) is 22.1 Å². The number of hydrogen-bond acceptors (Lipinski definition) is 4. The van der Waals surface area contributed by atoms with Gasteiger partial charge in [0.05, 0.1) is 0 Å². The molecule has 0 saturated carbocycles. The molecule has 2 N–H and O–H groups in total. The third-order valence-electron chi connectivity index (χ3n) is 2.39. The summed E-state index contributed by atoms with van der Waals surface area (Å²) in [6.45, 7) is 1.43. The van der Waals surface area contributed by atoms with Crippen molar-refractivity contribution < 1.29 is 9.90 Å². The summed E-state index contributed by atoms with van der Waals surface area (Å²) in [6.07, 6.45) is 0.509. The van der Waals surface area contributed by atoms with Gasteiger partial charge >= 0.3 is 0 Å². The van der Waals surface area contributed by atoms with Crippen molar-refractivity contribution in [1.82, 2.24) is 10.2 Å². The van der Waals surface area contributed by atoms with E-state index in [9.17, 15) is 4.79 Å². The lowest BCUT2D eigenvalue weighted by Gasteiger charge is -2.14. The molecule has 98 valence electrons. The minimum absolute atomic E-state index is 0.0579. The van der Waals surface area contributed by atoms with Gasteiger partial charge in [-0.25, -0.2) is 0 Å². The molecule has 1 amide bonds. The molecule has 0 radical (unpaired) electrons. The smallest absolute Gasteiger partial charge is 0.221 e. The summed E-state index contributed by atoms with van der Waals surface area (Å²) in [5.74, 6) is 5.56. The highest BCUT2D eigenvalue weighted by atomic mass is 32.1. The second-order valence-corrected chi connectivity index (χ2v) is 4.92. The first-order chi connectivity index (χ1) is 8.65. The van der Waals surface area contributed by atoms with Crippen LogP contribution in [0.3, 0.4) is 0 Å². The zero-order chi connectivity index (χ0) is 13.4. The SMILES string of the molecule is CNC(=O)CCN(C)Cc1cc(C#CCO)cs1. The lowest BCUT2D eigenvalue weighted by molar-refractivity contribution is -0.120.